The molecule has 4 rings (SSSR count). The third kappa shape index (κ3) is 6.16. The van der Waals surface area contributed by atoms with Crippen molar-refractivity contribution in [2.45, 2.75) is 52.1 Å². The Labute approximate surface area is 198 Å². The molecule has 0 saturated carbocycles. The van der Waals surface area contributed by atoms with Crippen molar-refractivity contribution in [2.75, 3.05) is 0 Å². The van der Waals surface area contributed by atoms with Crippen LogP contribution in [0.5, 0.6) is 5.75 Å². The molecule has 34 heavy (non-hydrogen) atoms. The number of fused-ring (bicyclic) bond motifs is 1. The average molecular weight is 464 g/mol. The molecular weight excluding hydrogens is 435 g/mol. The van der Waals surface area contributed by atoms with Crippen LogP contribution in [0.15, 0.2) is 72.9 Å². The third-order valence-corrected chi connectivity index (χ3v) is 6.02. The maximum absolute atomic E-state index is 15.1. The van der Waals surface area contributed by atoms with E-state index in [-0.39, 0.29) is 11.6 Å². The van der Waals surface area contributed by atoms with E-state index in [4.69, 9.17) is 0 Å². The first-order valence-corrected chi connectivity index (χ1v) is 11.7. The molecule has 0 unspecified atom stereocenters. The van der Waals surface area contributed by atoms with Crippen LogP contribution in [-0.4, -0.2) is 11.6 Å². The summed E-state index contributed by atoms with van der Waals surface area (Å²) in [5.41, 5.74) is 5.07. The van der Waals surface area contributed by atoms with Gasteiger partial charge in [-0.05, 0) is 77.9 Å². The lowest BCUT2D eigenvalue weighted by Gasteiger charge is -2.10. The van der Waals surface area contributed by atoms with Crippen LogP contribution >= 0.6 is 0 Å². The maximum Gasteiger partial charge on any atom is 0.387 e. The summed E-state index contributed by atoms with van der Waals surface area (Å²) >= 11 is 0. The molecule has 0 saturated heterocycles. The van der Waals surface area contributed by atoms with Gasteiger partial charge in [-0.25, -0.2) is 4.39 Å². The Bertz CT molecular complexity index is 1220. The minimum absolute atomic E-state index is 0.121. The van der Waals surface area contributed by atoms with Gasteiger partial charge >= 0.3 is 6.61 Å². The highest BCUT2D eigenvalue weighted by atomic mass is 19.3. The molecule has 5 heteroatoms. The number of rotatable bonds is 10. The SMILES string of the molecule is CCCc1ccc(CCc2ccc3c(F)c(CCc4ccc(OC(F)F)cc4)ccc3c2)nc1. The number of hydrogen-bond acceptors (Lipinski definition) is 2. The molecule has 0 bridgehead atoms. The Morgan fingerprint density at radius 1 is 0.765 bits per heavy atom. The van der Waals surface area contributed by atoms with Crippen molar-refractivity contribution in [1.82, 2.24) is 4.98 Å². The van der Waals surface area contributed by atoms with Crippen LogP contribution in [0.1, 0.15) is 41.3 Å². The minimum atomic E-state index is -2.84. The maximum atomic E-state index is 15.1. The van der Waals surface area contributed by atoms with Crippen LogP contribution in [0.25, 0.3) is 10.8 Å². The molecule has 0 spiro atoms. The summed E-state index contributed by atoms with van der Waals surface area (Å²) < 4.78 is 44.1. The summed E-state index contributed by atoms with van der Waals surface area (Å²) in [6.45, 7) is -0.680. The van der Waals surface area contributed by atoms with E-state index in [0.29, 0.717) is 23.8 Å². The number of nitrogens with zero attached hydrogens (tertiary/aromatic N) is 1. The highest BCUT2D eigenvalue weighted by molar-refractivity contribution is 5.84. The van der Waals surface area contributed by atoms with Crippen LogP contribution in [0.2, 0.25) is 0 Å². The topological polar surface area (TPSA) is 22.1 Å². The van der Waals surface area contributed by atoms with Gasteiger partial charge in [0.25, 0.3) is 0 Å². The predicted molar refractivity (Wildman–Crippen MR) is 130 cm³/mol. The number of ether oxygens (including phenoxy) is 1. The summed E-state index contributed by atoms with van der Waals surface area (Å²) in [7, 11) is 0. The van der Waals surface area contributed by atoms with E-state index in [1.165, 1.54) is 17.7 Å². The Kier molecular flexibility index (Phi) is 7.84. The lowest BCUT2D eigenvalue weighted by atomic mass is 9.98. The summed E-state index contributed by atoms with van der Waals surface area (Å²) in [6, 6.07) is 20.4. The number of aryl methyl sites for hydroxylation is 5. The first-order chi connectivity index (χ1) is 16.5. The average Bonchev–Trinajstić information content (AvgIpc) is 2.84. The lowest BCUT2D eigenvalue weighted by Crippen LogP contribution is -2.02. The zero-order valence-corrected chi connectivity index (χ0v) is 19.2. The van der Waals surface area contributed by atoms with E-state index in [2.05, 4.69) is 34.8 Å². The molecular formula is C29H28F3NO. The fourth-order valence-electron chi connectivity index (χ4n) is 4.16. The zero-order chi connectivity index (χ0) is 23.9. The second-order valence-corrected chi connectivity index (χ2v) is 8.52. The van der Waals surface area contributed by atoms with Crippen molar-refractivity contribution < 1.29 is 17.9 Å². The van der Waals surface area contributed by atoms with Crippen LogP contribution in [0, 0.1) is 5.82 Å². The molecule has 1 heterocycles. The van der Waals surface area contributed by atoms with Crippen LogP contribution < -0.4 is 4.74 Å². The molecule has 0 aliphatic rings. The molecule has 0 aliphatic heterocycles. The van der Waals surface area contributed by atoms with Crippen LogP contribution in [0.4, 0.5) is 13.2 Å². The van der Waals surface area contributed by atoms with Crippen molar-refractivity contribution in [1.29, 1.82) is 0 Å². The Morgan fingerprint density at radius 3 is 2.21 bits per heavy atom. The summed E-state index contributed by atoms with van der Waals surface area (Å²) in [4.78, 5) is 4.56. The molecule has 0 aliphatic carbocycles. The van der Waals surface area contributed by atoms with E-state index in [1.54, 1.807) is 12.1 Å². The van der Waals surface area contributed by atoms with Crippen molar-refractivity contribution in [3.63, 3.8) is 0 Å². The van der Waals surface area contributed by atoms with Gasteiger partial charge in [-0.1, -0.05) is 61.9 Å². The van der Waals surface area contributed by atoms with Gasteiger partial charge in [-0.3, -0.25) is 4.98 Å². The Morgan fingerprint density at radius 2 is 1.50 bits per heavy atom. The highest BCUT2D eigenvalue weighted by Crippen LogP contribution is 2.25. The zero-order valence-electron chi connectivity index (χ0n) is 19.2. The van der Waals surface area contributed by atoms with Crippen molar-refractivity contribution in [2.24, 2.45) is 0 Å². The largest absolute Gasteiger partial charge is 0.435 e. The number of benzene rings is 3. The second kappa shape index (κ2) is 11.2. The number of halogens is 3. The van der Waals surface area contributed by atoms with E-state index < -0.39 is 6.61 Å². The summed E-state index contributed by atoms with van der Waals surface area (Å²) in [5.74, 6) is -0.0781. The number of alkyl halides is 2. The molecule has 1 aromatic heterocycles. The second-order valence-electron chi connectivity index (χ2n) is 8.52. The van der Waals surface area contributed by atoms with Gasteiger partial charge in [-0.15, -0.1) is 0 Å². The quantitative estimate of drug-likeness (QED) is 0.243. The van der Waals surface area contributed by atoms with Gasteiger partial charge in [0.2, 0.25) is 0 Å². The Balaban J connectivity index is 1.39. The number of pyridine rings is 1. The van der Waals surface area contributed by atoms with Crippen LogP contribution in [-0.2, 0) is 32.1 Å². The predicted octanol–water partition coefficient (Wildman–Crippen LogP) is 7.50. The fraction of sp³-hybridized carbons (Fsp3) is 0.276. The molecule has 0 amide bonds. The summed E-state index contributed by atoms with van der Waals surface area (Å²) in [6.07, 6.45) is 6.96. The van der Waals surface area contributed by atoms with Crippen LogP contribution in [0.3, 0.4) is 0 Å². The lowest BCUT2D eigenvalue weighted by molar-refractivity contribution is -0.0498. The number of hydrogen-bond donors (Lipinski definition) is 0. The molecule has 4 aromatic rings. The van der Waals surface area contributed by atoms with E-state index in [9.17, 15) is 8.78 Å². The summed E-state index contributed by atoms with van der Waals surface area (Å²) in [5, 5.41) is 1.50. The van der Waals surface area contributed by atoms with E-state index in [0.717, 1.165) is 47.9 Å². The van der Waals surface area contributed by atoms with Gasteiger partial charge in [-0.2, -0.15) is 8.78 Å². The van der Waals surface area contributed by atoms with Gasteiger partial charge in [0.1, 0.15) is 11.6 Å². The molecule has 0 atom stereocenters. The minimum Gasteiger partial charge on any atom is -0.435 e. The fourth-order valence-corrected chi connectivity index (χ4v) is 4.16. The van der Waals surface area contributed by atoms with Gasteiger partial charge < -0.3 is 4.74 Å². The van der Waals surface area contributed by atoms with Gasteiger partial charge in [0.05, 0.1) is 0 Å². The monoisotopic (exact) mass is 463 g/mol. The highest BCUT2D eigenvalue weighted by Gasteiger charge is 2.10. The standard InChI is InChI=1S/C29H28F3NO/c1-2-3-22-6-14-25(33-19-22)13-5-21-9-17-27-24(18-21)12-11-23(28(27)30)10-4-20-7-15-26(16-8-20)34-29(31)32/h6-9,11-12,14-19,29H,2-5,10,13H2,1H3. The number of aromatic nitrogens is 1. The van der Waals surface area contributed by atoms with Gasteiger partial charge in [0.15, 0.2) is 0 Å². The molecule has 0 N–H and O–H groups in total. The van der Waals surface area contributed by atoms with Crippen molar-refractivity contribution >= 4 is 10.8 Å². The third-order valence-electron chi connectivity index (χ3n) is 6.02. The molecule has 3 aromatic carbocycles. The first kappa shape index (κ1) is 23.8. The molecule has 0 fully saturated rings. The molecule has 2 nitrogen and oxygen atoms in total. The van der Waals surface area contributed by atoms with Crippen molar-refractivity contribution in [3.8, 4) is 5.75 Å². The van der Waals surface area contributed by atoms with E-state index >= 15 is 4.39 Å². The normalized spacial score (nSPS) is 11.3. The Hall–Kier alpha value is -3.34. The molecule has 176 valence electrons. The first-order valence-electron chi connectivity index (χ1n) is 11.7. The van der Waals surface area contributed by atoms with Gasteiger partial charge in [0, 0.05) is 17.3 Å². The smallest absolute Gasteiger partial charge is 0.387 e. The van der Waals surface area contributed by atoms with E-state index in [1.807, 2.05) is 30.5 Å². The van der Waals surface area contributed by atoms with Crippen molar-refractivity contribution in [3.05, 3.63) is 107 Å². The molecule has 0 radical (unpaired) electrons.